The molecular weight excluding hydrogens is 424 g/mol. The summed E-state index contributed by atoms with van der Waals surface area (Å²) >= 11 is 0. The molecule has 0 aliphatic rings. The third-order valence-electron chi connectivity index (χ3n) is 4.84. The number of carboxylic acid groups (broad SMARTS) is 1. The van der Waals surface area contributed by atoms with Gasteiger partial charge in [0.2, 0.25) is 0 Å². The van der Waals surface area contributed by atoms with E-state index in [9.17, 15) is 19.5 Å². The van der Waals surface area contributed by atoms with E-state index >= 15 is 0 Å². The Hall–Kier alpha value is -3.81. The highest BCUT2D eigenvalue weighted by Gasteiger charge is 2.21. The molecule has 2 aromatic carbocycles. The fourth-order valence-corrected chi connectivity index (χ4v) is 3.07. The maximum absolute atomic E-state index is 13.0. The van der Waals surface area contributed by atoms with E-state index in [1.54, 1.807) is 42.5 Å². The number of aliphatic carboxylic acids is 1. The van der Waals surface area contributed by atoms with Gasteiger partial charge in [-0.15, -0.1) is 0 Å². The minimum atomic E-state index is -1.40. The van der Waals surface area contributed by atoms with Crippen molar-refractivity contribution in [3.8, 4) is 11.5 Å². The van der Waals surface area contributed by atoms with Crippen LogP contribution in [0.4, 0.5) is 0 Å². The lowest BCUT2D eigenvalue weighted by Gasteiger charge is -2.22. The minimum Gasteiger partial charge on any atom is -0.548 e. The minimum absolute atomic E-state index is 0.00413. The third-order valence-corrected chi connectivity index (χ3v) is 4.84. The van der Waals surface area contributed by atoms with Gasteiger partial charge in [0.25, 0.3) is 11.8 Å². The van der Waals surface area contributed by atoms with Crippen LogP contribution < -0.4 is 25.2 Å². The predicted molar refractivity (Wildman–Crippen MR) is 123 cm³/mol. The zero-order valence-corrected chi connectivity index (χ0v) is 19.4. The quantitative estimate of drug-likeness (QED) is 0.532. The molecule has 0 spiro atoms. The van der Waals surface area contributed by atoms with Gasteiger partial charge in [-0.3, -0.25) is 9.59 Å². The fraction of sp³-hybridized carbons (Fsp3) is 0.320. The summed E-state index contributed by atoms with van der Waals surface area (Å²) in [7, 11) is 2.98. The largest absolute Gasteiger partial charge is 0.548 e. The molecule has 2 aromatic rings. The number of amides is 2. The SMILES string of the molecule is COc1ccc(/C=C(/NC(=O)c2ccc(C)cc2)C(=O)N[C@H](CC(C)C)C(=O)[O-])c(OC)c1. The highest BCUT2D eigenvalue weighted by molar-refractivity contribution is 6.06. The summed E-state index contributed by atoms with van der Waals surface area (Å²) in [4.78, 5) is 37.4. The molecule has 0 aliphatic carbocycles. The standard InChI is InChI=1S/C25H30N2O6/c1-15(2)12-21(25(30)31)27-24(29)20(26-23(28)17-8-6-16(3)7-9-17)13-18-10-11-19(32-4)14-22(18)33-5/h6-11,13-15,21H,12H2,1-5H3,(H,26,28)(H,27,29)(H,30,31)/p-1/b20-13+/t21-/m1/s1. The molecule has 0 radical (unpaired) electrons. The number of hydrogen-bond acceptors (Lipinski definition) is 6. The second-order valence-corrected chi connectivity index (χ2v) is 7.96. The first-order valence-electron chi connectivity index (χ1n) is 10.5. The van der Waals surface area contributed by atoms with E-state index in [4.69, 9.17) is 9.47 Å². The van der Waals surface area contributed by atoms with E-state index < -0.39 is 23.8 Å². The first-order chi connectivity index (χ1) is 15.6. The van der Waals surface area contributed by atoms with Crippen molar-refractivity contribution in [3.63, 3.8) is 0 Å². The van der Waals surface area contributed by atoms with Crippen molar-refractivity contribution in [1.29, 1.82) is 0 Å². The van der Waals surface area contributed by atoms with Crippen LogP contribution in [0.15, 0.2) is 48.2 Å². The third kappa shape index (κ3) is 7.38. The molecule has 2 N–H and O–H groups in total. The molecule has 0 bridgehead atoms. The zero-order chi connectivity index (χ0) is 24.5. The highest BCUT2D eigenvalue weighted by atomic mass is 16.5. The average Bonchev–Trinajstić information content (AvgIpc) is 2.78. The molecule has 0 unspecified atom stereocenters. The Kier molecular flexibility index (Phi) is 9.03. The van der Waals surface area contributed by atoms with Crippen molar-refractivity contribution >= 4 is 23.9 Å². The van der Waals surface area contributed by atoms with Crippen LogP contribution in [0.3, 0.4) is 0 Å². The maximum Gasteiger partial charge on any atom is 0.268 e. The molecule has 0 saturated carbocycles. The van der Waals surface area contributed by atoms with E-state index in [0.717, 1.165) is 5.56 Å². The van der Waals surface area contributed by atoms with Crippen LogP contribution in [-0.2, 0) is 9.59 Å². The molecule has 176 valence electrons. The van der Waals surface area contributed by atoms with E-state index in [2.05, 4.69) is 10.6 Å². The summed E-state index contributed by atoms with van der Waals surface area (Å²) in [6.07, 6.45) is 1.60. The Morgan fingerprint density at radius 3 is 2.24 bits per heavy atom. The smallest absolute Gasteiger partial charge is 0.268 e. The molecule has 0 heterocycles. The first-order valence-corrected chi connectivity index (χ1v) is 10.5. The monoisotopic (exact) mass is 453 g/mol. The number of carboxylic acids is 1. The van der Waals surface area contributed by atoms with E-state index in [1.165, 1.54) is 20.3 Å². The second kappa shape index (κ2) is 11.7. The molecule has 0 aliphatic heterocycles. The molecule has 2 rings (SSSR count). The molecule has 0 saturated heterocycles. The van der Waals surface area contributed by atoms with Gasteiger partial charge in [-0.05, 0) is 49.6 Å². The van der Waals surface area contributed by atoms with Crippen LogP contribution in [-0.4, -0.2) is 38.0 Å². The van der Waals surface area contributed by atoms with Crippen LogP contribution in [0.1, 0.15) is 41.8 Å². The number of carbonyl (C=O) groups excluding carboxylic acids is 3. The number of ether oxygens (including phenoxy) is 2. The topological polar surface area (TPSA) is 117 Å². The number of aryl methyl sites for hydroxylation is 1. The lowest BCUT2D eigenvalue weighted by molar-refractivity contribution is -0.308. The predicted octanol–water partition coefficient (Wildman–Crippen LogP) is 2.06. The van der Waals surface area contributed by atoms with Crippen molar-refractivity contribution in [2.24, 2.45) is 5.92 Å². The Balaban J connectivity index is 2.43. The number of methoxy groups -OCH3 is 2. The summed E-state index contributed by atoms with van der Waals surface area (Å²) < 4.78 is 10.6. The van der Waals surface area contributed by atoms with Gasteiger partial charge in [-0.25, -0.2) is 0 Å². The Bertz CT molecular complexity index is 1030. The van der Waals surface area contributed by atoms with E-state index in [1.807, 2.05) is 20.8 Å². The van der Waals surface area contributed by atoms with Crippen LogP contribution in [0.5, 0.6) is 11.5 Å². The summed E-state index contributed by atoms with van der Waals surface area (Å²) in [5.74, 6) is -1.72. The van der Waals surface area contributed by atoms with Gasteiger partial charge in [0.15, 0.2) is 0 Å². The molecule has 2 amide bonds. The van der Waals surface area contributed by atoms with Gasteiger partial charge in [0, 0.05) is 17.2 Å². The Morgan fingerprint density at radius 1 is 1.03 bits per heavy atom. The normalized spacial score (nSPS) is 12.1. The Labute approximate surface area is 193 Å². The second-order valence-electron chi connectivity index (χ2n) is 7.96. The van der Waals surface area contributed by atoms with Gasteiger partial charge in [0.05, 0.1) is 26.2 Å². The molecular formula is C25H29N2O6-. The van der Waals surface area contributed by atoms with Gasteiger partial charge in [-0.1, -0.05) is 31.5 Å². The maximum atomic E-state index is 13.0. The van der Waals surface area contributed by atoms with Crippen LogP contribution in [0.2, 0.25) is 0 Å². The summed E-state index contributed by atoms with van der Waals surface area (Å²) in [5, 5.41) is 16.6. The van der Waals surface area contributed by atoms with Crippen LogP contribution in [0.25, 0.3) is 6.08 Å². The lowest BCUT2D eigenvalue weighted by atomic mass is 10.0. The summed E-state index contributed by atoms with van der Waals surface area (Å²) in [5.41, 5.74) is 1.67. The molecule has 0 aromatic heterocycles. The van der Waals surface area contributed by atoms with Gasteiger partial charge >= 0.3 is 0 Å². The number of benzene rings is 2. The average molecular weight is 454 g/mol. The molecule has 33 heavy (non-hydrogen) atoms. The Morgan fingerprint density at radius 2 is 1.70 bits per heavy atom. The van der Waals surface area contributed by atoms with Gasteiger partial charge in [0.1, 0.15) is 17.2 Å². The number of hydrogen-bond donors (Lipinski definition) is 2. The van der Waals surface area contributed by atoms with Crippen molar-refractivity contribution < 1.29 is 29.0 Å². The molecule has 8 nitrogen and oxygen atoms in total. The zero-order valence-electron chi connectivity index (χ0n) is 19.4. The summed E-state index contributed by atoms with van der Waals surface area (Å²) in [6.45, 7) is 5.56. The number of nitrogens with one attached hydrogen (secondary N) is 2. The lowest BCUT2D eigenvalue weighted by Crippen LogP contribution is -2.50. The van der Waals surface area contributed by atoms with Crippen molar-refractivity contribution in [3.05, 3.63) is 64.9 Å². The summed E-state index contributed by atoms with van der Waals surface area (Å²) in [6, 6.07) is 10.6. The van der Waals surface area contributed by atoms with E-state index in [0.29, 0.717) is 22.6 Å². The molecule has 8 heteroatoms. The first kappa shape index (κ1) is 25.5. The van der Waals surface area contributed by atoms with Gasteiger partial charge < -0.3 is 30.0 Å². The molecule has 1 atom stereocenters. The highest BCUT2D eigenvalue weighted by Crippen LogP contribution is 2.26. The van der Waals surface area contributed by atoms with Crippen LogP contribution >= 0.6 is 0 Å². The van der Waals surface area contributed by atoms with Crippen LogP contribution in [0, 0.1) is 12.8 Å². The van der Waals surface area contributed by atoms with E-state index in [-0.39, 0.29) is 18.0 Å². The number of carbonyl (C=O) groups is 3. The number of rotatable bonds is 10. The van der Waals surface area contributed by atoms with Gasteiger partial charge in [-0.2, -0.15) is 0 Å². The van der Waals surface area contributed by atoms with Crippen molar-refractivity contribution in [2.45, 2.75) is 33.2 Å². The molecule has 0 fully saturated rings. The van der Waals surface area contributed by atoms with Crippen molar-refractivity contribution in [2.75, 3.05) is 14.2 Å². The van der Waals surface area contributed by atoms with Crippen molar-refractivity contribution in [1.82, 2.24) is 10.6 Å². The fourth-order valence-electron chi connectivity index (χ4n) is 3.07.